The molecule has 0 unspecified atom stereocenters. The van der Waals surface area contributed by atoms with Crippen LogP contribution in [0.4, 0.5) is 5.69 Å². The van der Waals surface area contributed by atoms with E-state index in [4.69, 9.17) is 0 Å². The fourth-order valence-electron chi connectivity index (χ4n) is 2.58. The van der Waals surface area contributed by atoms with Gasteiger partial charge in [0, 0.05) is 23.3 Å². The van der Waals surface area contributed by atoms with Crippen LogP contribution < -0.4 is 10.2 Å². The van der Waals surface area contributed by atoms with E-state index in [9.17, 15) is 4.79 Å². The van der Waals surface area contributed by atoms with Gasteiger partial charge in [-0.3, -0.25) is 15.2 Å². The molecule has 1 amide bonds. The Morgan fingerprint density at radius 3 is 2.41 bits per heavy atom. The van der Waals surface area contributed by atoms with Crippen LogP contribution in [0, 0.1) is 0 Å². The largest absolute Gasteiger partial charge is 0.271 e. The van der Waals surface area contributed by atoms with Crippen LogP contribution in [0.3, 0.4) is 0 Å². The molecule has 0 fully saturated rings. The Labute approximate surface area is 160 Å². The van der Waals surface area contributed by atoms with Gasteiger partial charge in [0.1, 0.15) is 0 Å². The van der Waals surface area contributed by atoms with Crippen molar-refractivity contribution in [2.45, 2.75) is 0 Å². The molecule has 0 bridgehead atoms. The summed E-state index contributed by atoms with van der Waals surface area (Å²) in [4.78, 5) is 22.1. The summed E-state index contributed by atoms with van der Waals surface area (Å²) in [6.07, 6.45) is 3.18. The van der Waals surface area contributed by atoms with Crippen molar-refractivity contribution in [1.82, 2.24) is 9.66 Å². The van der Waals surface area contributed by atoms with Crippen molar-refractivity contribution in [3.05, 3.63) is 101 Å². The minimum absolute atomic E-state index is 0.242. The summed E-state index contributed by atoms with van der Waals surface area (Å²) < 4.78 is 1.72. The predicted molar refractivity (Wildman–Crippen MR) is 107 cm³/mol. The molecule has 0 aliphatic rings. The van der Waals surface area contributed by atoms with Gasteiger partial charge in [0.25, 0.3) is 5.91 Å². The molecule has 6 heteroatoms. The zero-order valence-electron chi connectivity index (χ0n) is 14.3. The van der Waals surface area contributed by atoms with Crippen molar-refractivity contribution in [2.75, 3.05) is 5.43 Å². The highest BCUT2D eigenvalue weighted by Crippen LogP contribution is 2.20. The zero-order valence-corrected chi connectivity index (χ0v) is 15.1. The standard InChI is InChI=1S/C21H16N4OS/c26-20(17-10-7-13-22-14-17)24-25-19(16-8-3-1-4-9-16)15-27-21(25)23-18-11-5-2-6-12-18/h1-15H,(H,24,26). The van der Waals surface area contributed by atoms with Gasteiger partial charge in [-0.15, -0.1) is 11.3 Å². The fourth-order valence-corrected chi connectivity index (χ4v) is 3.45. The van der Waals surface area contributed by atoms with Gasteiger partial charge in [0.2, 0.25) is 4.80 Å². The molecule has 2 aromatic heterocycles. The quantitative estimate of drug-likeness (QED) is 0.583. The molecule has 4 rings (SSSR count). The summed E-state index contributed by atoms with van der Waals surface area (Å²) in [6.45, 7) is 0. The lowest BCUT2D eigenvalue weighted by atomic mass is 10.2. The number of aromatic nitrogens is 2. The van der Waals surface area contributed by atoms with Crippen LogP contribution in [0.2, 0.25) is 0 Å². The van der Waals surface area contributed by atoms with Gasteiger partial charge in [-0.05, 0) is 24.3 Å². The maximum Gasteiger partial charge on any atom is 0.271 e. The maximum absolute atomic E-state index is 12.7. The maximum atomic E-state index is 12.7. The lowest BCUT2D eigenvalue weighted by Gasteiger charge is -2.11. The fraction of sp³-hybridized carbons (Fsp3) is 0. The van der Waals surface area contributed by atoms with Gasteiger partial charge in [0.15, 0.2) is 0 Å². The third kappa shape index (κ3) is 3.86. The van der Waals surface area contributed by atoms with Crippen LogP contribution in [0.25, 0.3) is 11.3 Å². The Morgan fingerprint density at radius 2 is 1.70 bits per heavy atom. The molecule has 2 aromatic carbocycles. The van der Waals surface area contributed by atoms with E-state index in [1.54, 1.807) is 29.2 Å². The summed E-state index contributed by atoms with van der Waals surface area (Å²) >= 11 is 1.47. The van der Waals surface area contributed by atoms with E-state index in [-0.39, 0.29) is 5.91 Å². The molecule has 4 aromatic rings. The molecule has 0 saturated heterocycles. The van der Waals surface area contributed by atoms with E-state index in [0.717, 1.165) is 16.9 Å². The van der Waals surface area contributed by atoms with E-state index < -0.39 is 0 Å². The minimum Gasteiger partial charge on any atom is -0.267 e. The Hall–Kier alpha value is -3.51. The van der Waals surface area contributed by atoms with Crippen LogP contribution >= 0.6 is 11.3 Å². The van der Waals surface area contributed by atoms with Gasteiger partial charge < -0.3 is 0 Å². The number of hydrogen-bond acceptors (Lipinski definition) is 4. The van der Waals surface area contributed by atoms with E-state index in [1.807, 2.05) is 66.0 Å². The van der Waals surface area contributed by atoms with Crippen molar-refractivity contribution in [3.63, 3.8) is 0 Å². The predicted octanol–water partition coefficient (Wildman–Crippen LogP) is 4.23. The number of benzene rings is 2. The minimum atomic E-state index is -0.242. The molecule has 2 heterocycles. The van der Waals surface area contributed by atoms with Crippen LogP contribution in [0.15, 0.2) is 95.6 Å². The van der Waals surface area contributed by atoms with Gasteiger partial charge in [-0.2, -0.15) is 0 Å². The highest BCUT2D eigenvalue weighted by atomic mass is 32.1. The van der Waals surface area contributed by atoms with Crippen molar-refractivity contribution < 1.29 is 4.79 Å². The number of carbonyl (C=O) groups is 1. The van der Waals surface area contributed by atoms with E-state index in [2.05, 4.69) is 15.4 Å². The highest BCUT2D eigenvalue weighted by Gasteiger charge is 2.12. The molecule has 0 aliphatic heterocycles. The van der Waals surface area contributed by atoms with E-state index in [1.165, 1.54) is 11.3 Å². The molecule has 0 radical (unpaired) electrons. The Bertz CT molecular complexity index is 1100. The summed E-state index contributed by atoms with van der Waals surface area (Å²) in [5, 5.41) is 1.99. The van der Waals surface area contributed by atoms with Gasteiger partial charge in [0.05, 0.1) is 16.9 Å². The number of carbonyl (C=O) groups excluding carboxylic acids is 1. The second kappa shape index (κ2) is 7.80. The van der Waals surface area contributed by atoms with Crippen LogP contribution in [0.5, 0.6) is 0 Å². The SMILES string of the molecule is O=C(Nn1c(-c2ccccc2)csc1=Nc1ccccc1)c1cccnc1. The zero-order chi connectivity index (χ0) is 18.5. The lowest BCUT2D eigenvalue weighted by Crippen LogP contribution is -2.31. The number of thiazole rings is 1. The summed E-state index contributed by atoms with van der Waals surface area (Å²) in [7, 11) is 0. The number of hydrogen-bond donors (Lipinski definition) is 1. The second-order valence-corrected chi connectivity index (χ2v) is 6.57. The molecule has 132 valence electrons. The highest BCUT2D eigenvalue weighted by molar-refractivity contribution is 7.07. The number of amides is 1. The Morgan fingerprint density at radius 1 is 0.963 bits per heavy atom. The summed E-state index contributed by atoms with van der Waals surface area (Å²) in [5.41, 5.74) is 6.12. The van der Waals surface area contributed by atoms with Gasteiger partial charge >= 0.3 is 0 Å². The molecule has 1 N–H and O–H groups in total. The van der Waals surface area contributed by atoms with Crippen LogP contribution in [-0.2, 0) is 0 Å². The molecule has 27 heavy (non-hydrogen) atoms. The van der Waals surface area contributed by atoms with Crippen LogP contribution in [-0.4, -0.2) is 15.6 Å². The first kappa shape index (κ1) is 16.9. The van der Waals surface area contributed by atoms with Crippen molar-refractivity contribution >= 4 is 22.9 Å². The third-order valence-corrected chi connectivity index (χ3v) is 4.72. The first-order valence-electron chi connectivity index (χ1n) is 8.38. The molecule has 5 nitrogen and oxygen atoms in total. The molecule has 0 spiro atoms. The molecule has 0 atom stereocenters. The monoisotopic (exact) mass is 372 g/mol. The number of pyridine rings is 1. The number of nitrogens with one attached hydrogen (secondary N) is 1. The normalized spacial score (nSPS) is 11.3. The third-order valence-electron chi connectivity index (χ3n) is 3.90. The average Bonchev–Trinajstić information content (AvgIpc) is 3.12. The average molecular weight is 372 g/mol. The van der Waals surface area contributed by atoms with E-state index in [0.29, 0.717) is 10.4 Å². The second-order valence-electron chi connectivity index (χ2n) is 5.73. The van der Waals surface area contributed by atoms with Crippen molar-refractivity contribution in [2.24, 2.45) is 4.99 Å². The molecular formula is C21H16N4OS. The summed E-state index contributed by atoms with van der Waals surface area (Å²) in [5.74, 6) is -0.242. The number of nitrogens with zero attached hydrogens (tertiary/aromatic N) is 3. The van der Waals surface area contributed by atoms with Crippen molar-refractivity contribution in [1.29, 1.82) is 0 Å². The van der Waals surface area contributed by atoms with Gasteiger partial charge in [-0.1, -0.05) is 48.5 Å². The Balaban J connectivity index is 1.80. The first-order chi connectivity index (χ1) is 13.3. The van der Waals surface area contributed by atoms with Crippen molar-refractivity contribution in [3.8, 4) is 11.3 Å². The van der Waals surface area contributed by atoms with E-state index >= 15 is 0 Å². The molecule has 0 aliphatic carbocycles. The first-order valence-corrected chi connectivity index (χ1v) is 9.26. The molecule has 0 saturated carbocycles. The van der Waals surface area contributed by atoms with Gasteiger partial charge in [-0.25, -0.2) is 9.67 Å². The Kier molecular flexibility index (Phi) is 4.89. The topological polar surface area (TPSA) is 59.3 Å². The summed E-state index contributed by atoms with van der Waals surface area (Å²) in [6, 6.07) is 23.0. The lowest BCUT2D eigenvalue weighted by molar-refractivity contribution is 0.101. The number of rotatable bonds is 4. The molecular weight excluding hydrogens is 356 g/mol. The number of para-hydroxylation sites is 1. The van der Waals surface area contributed by atoms with Crippen LogP contribution in [0.1, 0.15) is 10.4 Å². The smallest absolute Gasteiger partial charge is 0.267 e.